The second-order valence-electron chi connectivity index (χ2n) is 8.65. The molecule has 0 saturated heterocycles. The van der Waals surface area contributed by atoms with Crippen LogP contribution in [0.4, 0.5) is 0 Å². The zero-order valence-corrected chi connectivity index (χ0v) is 18.9. The van der Waals surface area contributed by atoms with Crippen LogP contribution in [0.15, 0.2) is 53.8 Å². The van der Waals surface area contributed by atoms with E-state index in [1.165, 1.54) is 0 Å². The minimum atomic E-state index is -0.181. The molecule has 7 heteroatoms. The number of amides is 2. The Hall–Kier alpha value is -2.93. The van der Waals surface area contributed by atoms with Gasteiger partial charge in [-0.3, -0.25) is 9.59 Å². The first kappa shape index (κ1) is 22.3. The summed E-state index contributed by atoms with van der Waals surface area (Å²) in [4.78, 5) is 28.3. The summed E-state index contributed by atoms with van der Waals surface area (Å²) in [6, 6.07) is 13.8. The van der Waals surface area contributed by atoms with Gasteiger partial charge in [0.05, 0.1) is 24.1 Å². The van der Waals surface area contributed by atoms with Gasteiger partial charge in [0.2, 0.25) is 5.91 Å². The first-order valence-electron chi connectivity index (χ1n) is 11.4. The van der Waals surface area contributed by atoms with Crippen molar-refractivity contribution >= 4 is 17.5 Å². The van der Waals surface area contributed by atoms with E-state index in [9.17, 15) is 9.59 Å². The SMILES string of the molecule is COCCN(CC(=O)N1N=C(c2cccn2C)CC1c1ccccc1)C(=O)C1CCCC1. The van der Waals surface area contributed by atoms with Crippen molar-refractivity contribution in [3.63, 3.8) is 0 Å². The third kappa shape index (κ3) is 4.78. The monoisotopic (exact) mass is 436 g/mol. The number of methoxy groups -OCH3 is 1. The lowest BCUT2D eigenvalue weighted by molar-refractivity contribution is -0.144. The Labute approximate surface area is 189 Å². The normalized spacial score (nSPS) is 18.8. The smallest absolute Gasteiger partial charge is 0.262 e. The predicted molar refractivity (Wildman–Crippen MR) is 123 cm³/mol. The molecule has 1 aromatic carbocycles. The predicted octanol–water partition coefficient (Wildman–Crippen LogP) is 3.37. The fourth-order valence-corrected chi connectivity index (χ4v) is 4.73. The number of nitrogens with zero attached hydrogens (tertiary/aromatic N) is 4. The summed E-state index contributed by atoms with van der Waals surface area (Å²) in [5.74, 6) is -0.0777. The second-order valence-corrected chi connectivity index (χ2v) is 8.65. The van der Waals surface area contributed by atoms with E-state index in [0.717, 1.165) is 42.7 Å². The van der Waals surface area contributed by atoms with Gasteiger partial charge in [-0.15, -0.1) is 0 Å². The lowest BCUT2D eigenvalue weighted by atomic mass is 10.0. The summed E-state index contributed by atoms with van der Waals surface area (Å²) in [5.41, 5.74) is 2.92. The lowest BCUT2D eigenvalue weighted by Gasteiger charge is -2.28. The number of hydrogen-bond acceptors (Lipinski definition) is 4. The Balaban J connectivity index is 1.57. The Bertz CT molecular complexity index is 963. The highest BCUT2D eigenvalue weighted by molar-refractivity contribution is 6.02. The van der Waals surface area contributed by atoms with Gasteiger partial charge in [0, 0.05) is 39.2 Å². The number of rotatable bonds is 8. The molecule has 32 heavy (non-hydrogen) atoms. The zero-order chi connectivity index (χ0) is 22.5. The van der Waals surface area contributed by atoms with Crippen LogP contribution in [0.25, 0.3) is 0 Å². The van der Waals surface area contributed by atoms with Crippen LogP contribution in [0, 0.1) is 5.92 Å². The summed E-state index contributed by atoms with van der Waals surface area (Å²) in [7, 11) is 3.59. The summed E-state index contributed by atoms with van der Waals surface area (Å²) in [6.07, 6.45) is 6.59. The highest BCUT2D eigenvalue weighted by Crippen LogP contribution is 2.33. The van der Waals surface area contributed by atoms with Gasteiger partial charge >= 0.3 is 0 Å². The molecule has 0 radical (unpaired) electrons. The molecule has 1 saturated carbocycles. The standard InChI is InChI=1S/C25H32N4O3/c1-27-14-8-13-22(27)21-17-23(19-9-4-3-5-10-19)29(26-21)24(30)18-28(15-16-32-2)25(31)20-11-6-7-12-20/h3-5,8-10,13-14,20,23H,6-7,11-12,15-18H2,1-2H3. The Kier molecular flexibility index (Phi) is 7.05. The van der Waals surface area contributed by atoms with Crippen LogP contribution >= 0.6 is 0 Å². The van der Waals surface area contributed by atoms with Gasteiger partial charge in [0.25, 0.3) is 5.91 Å². The molecule has 2 aliphatic rings. The average Bonchev–Trinajstić information content (AvgIpc) is 3.57. The third-order valence-electron chi connectivity index (χ3n) is 6.50. The van der Waals surface area contributed by atoms with Crippen molar-refractivity contribution in [2.45, 2.75) is 38.1 Å². The number of hydrazone groups is 1. The van der Waals surface area contributed by atoms with Gasteiger partial charge in [-0.25, -0.2) is 5.01 Å². The molecule has 2 amide bonds. The molecule has 1 aliphatic carbocycles. The molecule has 1 aromatic heterocycles. The van der Waals surface area contributed by atoms with Crippen LogP contribution in [-0.2, 0) is 21.4 Å². The number of benzene rings is 1. The molecular weight excluding hydrogens is 404 g/mol. The maximum Gasteiger partial charge on any atom is 0.262 e. The summed E-state index contributed by atoms with van der Waals surface area (Å²) < 4.78 is 7.23. The number of aryl methyl sites for hydroxylation is 1. The van der Waals surface area contributed by atoms with Crippen molar-refractivity contribution in [3.8, 4) is 0 Å². The molecule has 1 aliphatic heterocycles. The quantitative estimate of drug-likeness (QED) is 0.637. The fraction of sp³-hybridized carbons (Fsp3) is 0.480. The molecule has 1 fully saturated rings. The molecule has 2 heterocycles. The molecule has 4 rings (SSSR count). The molecule has 1 unspecified atom stereocenters. The van der Waals surface area contributed by atoms with Gasteiger partial charge in [-0.1, -0.05) is 43.2 Å². The van der Waals surface area contributed by atoms with Gasteiger partial charge < -0.3 is 14.2 Å². The van der Waals surface area contributed by atoms with E-state index in [-0.39, 0.29) is 30.3 Å². The lowest BCUT2D eigenvalue weighted by Crippen LogP contribution is -2.44. The van der Waals surface area contributed by atoms with E-state index >= 15 is 0 Å². The van der Waals surface area contributed by atoms with E-state index in [2.05, 4.69) is 0 Å². The number of aromatic nitrogens is 1. The van der Waals surface area contributed by atoms with Crippen LogP contribution in [0.1, 0.15) is 49.4 Å². The Morgan fingerprint density at radius 2 is 1.88 bits per heavy atom. The van der Waals surface area contributed by atoms with E-state index < -0.39 is 0 Å². The minimum absolute atomic E-state index is 0.0191. The van der Waals surface area contributed by atoms with Crippen LogP contribution in [-0.4, -0.2) is 58.8 Å². The van der Waals surface area contributed by atoms with Gasteiger partial charge in [-0.05, 0) is 30.5 Å². The molecule has 2 aromatic rings. The van der Waals surface area contributed by atoms with Crippen molar-refractivity contribution in [1.29, 1.82) is 0 Å². The summed E-state index contributed by atoms with van der Waals surface area (Å²) in [6.45, 7) is 0.841. The van der Waals surface area contributed by atoms with E-state index in [1.54, 1.807) is 17.0 Å². The highest BCUT2D eigenvalue weighted by atomic mass is 16.5. The van der Waals surface area contributed by atoms with Crippen molar-refractivity contribution in [2.75, 3.05) is 26.8 Å². The first-order valence-corrected chi connectivity index (χ1v) is 11.4. The number of carbonyl (C=O) groups is 2. The average molecular weight is 437 g/mol. The zero-order valence-electron chi connectivity index (χ0n) is 18.9. The van der Waals surface area contributed by atoms with Crippen LogP contribution in [0.3, 0.4) is 0 Å². The molecular formula is C25H32N4O3. The number of carbonyl (C=O) groups excluding carboxylic acids is 2. The largest absolute Gasteiger partial charge is 0.383 e. The first-order chi connectivity index (χ1) is 15.6. The van der Waals surface area contributed by atoms with Crippen molar-refractivity contribution < 1.29 is 14.3 Å². The second kappa shape index (κ2) is 10.1. The maximum atomic E-state index is 13.5. The molecule has 0 bridgehead atoms. The number of hydrogen-bond donors (Lipinski definition) is 0. The molecule has 7 nitrogen and oxygen atoms in total. The Morgan fingerprint density at radius 3 is 2.53 bits per heavy atom. The minimum Gasteiger partial charge on any atom is -0.383 e. The molecule has 0 N–H and O–H groups in total. The van der Waals surface area contributed by atoms with Gasteiger partial charge in [-0.2, -0.15) is 5.10 Å². The van der Waals surface area contributed by atoms with E-state index in [1.807, 2.05) is 60.3 Å². The van der Waals surface area contributed by atoms with Crippen molar-refractivity contribution in [1.82, 2.24) is 14.5 Å². The van der Waals surface area contributed by atoms with Crippen LogP contribution in [0.2, 0.25) is 0 Å². The maximum absolute atomic E-state index is 13.5. The summed E-state index contributed by atoms with van der Waals surface area (Å²) in [5, 5.41) is 6.33. The van der Waals surface area contributed by atoms with Gasteiger partial charge in [0.15, 0.2) is 0 Å². The van der Waals surface area contributed by atoms with Crippen LogP contribution < -0.4 is 0 Å². The van der Waals surface area contributed by atoms with Crippen molar-refractivity contribution in [3.05, 3.63) is 59.9 Å². The molecule has 0 spiro atoms. The van der Waals surface area contributed by atoms with E-state index in [0.29, 0.717) is 19.6 Å². The fourth-order valence-electron chi connectivity index (χ4n) is 4.73. The van der Waals surface area contributed by atoms with Crippen molar-refractivity contribution in [2.24, 2.45) is 18.1 Å². The van der Waals surface area contributed by atoms with Crippen LogP contribution in [0.5, 0.6) is 0 Å². The van der Waals surface area contributed by atoms with Gasteiger partial charge in [0.1, 0.15) is 6.54 Å². The molecule has 170 valence electrons. The molecule has 1 atom stereocenters. The summed E-state index contributed by atoms with van der Waals surface area (Å²) >= 11 is 0. The number of ether oxygens (including phenoxy) is 1. The Morgan fingerprint density at radius 1 is 1.12 bits per heavy atom. The highest BCUT2D eigenvalue weighted by Gasteiger charge is 2.36. The van der Waals surface area contributed by atoms with E-state index in [4.69, 9.17) is 9.84 Å². The third-order valence-corrected chi connectivity index (χ3v) is 6.50. The topological polar surface area (TPSA) is 67.1 Å².